The number of hydrogen-bond donors (Lipinski definition) is 2. The first-order chi connectivity index (χ1) is 12.4. The first-order valence-corrected chi connectivity index (χ1v) is 10.3. The molecule has 2 fully saturated rings. The average molecular weight is 413 g/mol. The van der Waals surface area contributed by atoms with Crippen molar-refractivity contribution in [2.45, 2.75) is 18.6 Å². The number of aliphatic hydroxyl groups excluding tert-OH is 1. The summed E-state index contributed by atoms with van der Waals surface area (Å²) in [7, 11) is 0. The maximum Gasteiger partial charge on any atom is 0.293 e. The van der Waals surface area contributed by atoms with Crippen LogP contribution in [-0.4, -0.2) is 57.3 Å². The zero-order valence-electron chi connectivity index (χ0n) is 13.7. The maximum absolute atomic E-state index is 12.4. The lowest BCUT2D eigenvalue weighted by Gasteiger charge is -2.17. The number of nitrogens with one attached hydrogen (secondary N) is 1. The van der Waals surface area contributed by atoms with Gasteiger partial charge in [0.25, 0.3) is 11.1 Å². The number of amides is 3. The molecule has 26 heavy (non-hydrogen) atoms. The van der Waals surface area contributed by atoms with Gasteiger partial charge in [-0.05, 0) is 35.5 Å². The number of halogens is 1. The Morgan fingerprint density at radius 2 is 2.19 bits per heavy atom. The predicted molar refractivity (Wildman–Crippen MR) is 104 cm³/mol. The van der Waals surface area contributed by atoms with Crippen LogP contribution in [0, 0.1) is 0 Å². The molecule has 0 aliphatic carbocycles. The highest BCUT2D eigenvalue weighted by molar-refractivity contribution is 8.18. The number of aliphatic hydroxyl groups is 1. The monoisotopic (exact) mass is 412 g/mol. The Hall–Kier alpha value is -1.48. The van der Waals surface area contributed by atoms with E-state index in [1.165, 1.54) is 0 Å². The molecular weight excluding hydrogens is 396 g/mol. The SMILES string of the molecule is O=C(CCN1C(=O)SC(=Cc2cccc(Cl)c2)C1=O)NC1CSCC1O. The van der Waals surface area contributed by atoms with Crippen LogP contribution in [0.3, 0.4) is 0 Å². The van der Waals surface area contributed by atoms with Gasteiger partial charge in [0.05, 0.1) is 17.1 Å². The molecule has 0 aromatic heterocycles. The number of imide groups is 1. The number of benzene rings is 1. The third kappa shape index (κ3) is 4.62. The van der Waals surface area contributed by atoms with Crippen molar-refractivity contribution in [1.29, 1.82) is 0 Å². The average Bonchev–Trinajstić information content (AvgIpc) is 3.10. The van der Waals surface area contributed by atoms with E-state index in [0.29, 0.717) is 21.4 Å². The number of carbonyl (C=O) groups excluding carboxylic acids is 3. The molecule has 2 aliphatic rings. The van der Waals surface area contributed by atoms with Crippen LogP contribution >= 0.6 is 35.1 Å². The van der Waals surface area contributed by atoms with Crippen LogP contribution in [0.25, 0.3) is 6.08 Å². The third-order valence-corrected chi connectivity index (χ3v) is 6.29. The summed E-state index contributed by atoms with van der Waals surface area (Å²) in [6.07, 6.45) is 1.07. The molecule has 3 rings (SSSR count). The van der Waals surface area contributed by atoms with E-state index in [0.717, 1.165) is 22.2 Å². The molecule has 1 aromatic rings. The number of thioether (sulfide) groups is 2. The molecule has 2 aliphatic heterocycles. The largest absolute Gasteiger partial charge is 0.390 e. The molecule has 1 aromatic carbocycles. The molecular formula is C17H17ClN2O4S2. The number of hydrogen-bond acceptors (Lipinski definition) is 6. The summed E-state index contributed by atoms with van der Waals surface area (Å²) in [6, 6.07) is 6.71. The van der Waals surface area contributed by atoms with E-state index in [1.54, 1.807) is 42.1 Å². The van der Waals surface area contributed by atoms with Crippen LogP contribution in [0.15, 0.2) is 29.2 Å². The molecule has 6 nitrogen and oxygen atoms in total. The minimum absolute atomic E-state index is 0.0103. The van der Waals surface area contributed by atoms with Crippen molar-refractivity contribution in [3.63, 3.8) is 0 Å². The molecule has 0 radical (unpaired) electrons. The highest BCUT2D eigenvalue weighted by atomic mass is 35.5. The minimum Gasteiger partial charge on any atom is -0.390 e. The van der Waals surface area contributed by atoms with Crippen LogP contribution < -0.4 is 5.32 Å². The lowest BCUT2D eigenvalue weighted by Crippen LogP contribution is -2.43. The molecule has 2 N–H and O–H groups in total. The van der Waals surface area contributed by atoms with Crippen molar-refractivity contribution in [3.8, 4) is 0 Å². The van der Waals surface area contributed by atoms with Crippen molar-refractivity contribution >= 4 is 58.3 Å². The van der Waals surface area contributed by atoms with Gasteiger partial charge < -0.3 is 10.4 Å². The molecule has 9 heteroatoms. The minimum atomic E-state index is -0.554. The first kappa shape index (κ1) is 19.3. The molecule has 0 spiro atoms. The van der Waals surface area contributed by atoms with E-state index in [4.69, 9.17) is 11.6 Å². The number of rotatable bonds is 5. The van der Waals surface area contributed by atoms with Crippen molar-refractivity contribution in [2.24, 2.45) is 0 Å². The van der Waals surface area contributed by atoms with Crippen LogP contribution in [0.1, 0.15) is 12.0 Å². The normalized spacial score (nSPS) is 24.5. The zero-order chi connectivity index (χ0) is 18.7. The van der Waals surface area contributed by atoms with E-state index >= 15 is 0 Å². The van der Waals surface area contributed by atoms with Gasteiger partial charge in [-0.1, -0.05) is 23.7 Å². The summed E-state index contributed by atoms with van der Waals surface area (Å²) in [5, 5.41) is 12.6. The van der Waals surface area contributed by atoms with Crippen LogP contribution in [0.4, 0.5) is 4.79 Å². The fourth-order valence-corrected chi connectivity index (χ4v) is 4.85. The molecule has 2 unspecified atom stereocenters. The van der Waals surface area contributed by atoms with Gasteiger partial charge in [0, 0.05) is 29.5 Å². The molecule has 0 saturated carbocycles. The van der Waals surface area contributed by atoms with Gasteiger partial charge in [-0.25, -0.2) is 0 Å². The highest BCUT2D eigenvalue weighted by Crippen LogP contribution is 2.32. The fourth-order valence-electron chi connectivity index (χ4n) is 2.61. The Labute approximate surface area is 164 Å². The van der Waals surface area contributed by atoms with E-state index in [-0.39, 0.29) is 24.9 Å². The summed E-state index contributed by atoms with van der Waals surface area (Å²) < 4.78 is 0. The van der Waals surface area contributed by atoms with Crippen LogP contribution in [-0.2, 0) is 9.59 Å². The van der Waals surface area contributed by atoms with Gasteiger partial charge in [-0.15, -0.1) is 0 Å². The lowest BCUT2D eigenvalue weighted by atomic mass is 10.2. The quantitative estimate of drug-likeness (QED) is 0.722. The van der Waals surface area contributed by atoms with Crippen LogP contribution in [0.2, 0.25) is 5.02 Å². The van der Waals surface area contributed by atoms with Crippen molar-refractivity contribution in [2.75, 3.05) is 18.1 Å². The van der Waals surface area contributed by atoms with Crippen molar-refractivity contribution in [3.05, 3.63) is 39.8 Å². The molecule has 2 saturated heterocycles. The topological polar surface area (TPSA) is 86.7 Å². The lowest BCUT2D eigenvalue weighted by molar-refractivity contribution is -0.124. The molecule has 3 amide bonds. The van der Waals surface area contributed by atoms with Crippen molar-refractivity contribution < 1.29 is 19.5 Å². The van der Waals surface area contributed by atoms with Gasteiger partial charge >= 0.3 is 0 Å². The number of nitrogens with zero attached hydrogens (tertiary/aromatic N) is 1. The Balaban J connectivity index is 1.58. The Morgan fingerprint density at radius 3 is 2.88 bits per heavy atom. The van der Waals surface area contributed by atoms with E-state index in [1.807, 2.05) is 0 Å². The summed E-state index contributed by atoms with van der Waals surface area (Å²) in [6.45, 7) is 0.0132. The van der Waals surface area contributed by atoms with Gasteiger partial charge in [-0.3, -0.25) is 19.3 Å². The van der Waals surface area contributed by atoms with Crippen molar-refractivity contribution in [1.82, 2.24) is 10.2 Å². The predicted octanol–water partition coefficient (Wildman–Crippen LogP) is 2.36. The van der Waals surface area contributed by atoms with Gasteiger partial charge in [-0.2, -0.15) is 11.8 Å². The fraction of sp³-hybridized carbons (Fsp3) is 0.353. The van der Waals surface area contributed by atoms with Gasteiger partial charge in [0.1, 0.15) is 0 Å². The third-order valence-electron chi connectivity index (χ3n) is 3.98. The first-order valence-electron chi connectivity index (χ1n) is 8.00. The zero-order valence-corrected chi connectivity index (χ0v) is 16.1. The second-order valence-electron chi connectivity index (χ2n) is 5.92. The Kier molecular flexibility index (Phi) is 6.29. The summed E-state index contributed by atoms with van der Waals surface area (Å²) >= 11 is 8.35. The Morgan fingerprint density at radius 1 is 1.38 bits per heavy atom. The van der Waals surface area contributed by atoms with Crippen LogP contribution in [0.5, 0.6) is 0 Å². The number of carbonyl (C=O) groups is 3. The Bertz CT molecular complexity index is 771. The summed E-state index contributed by atoms with van der Waals surface area (Å²) in [5.74, 6) is 0.567. The second-order valence-corrected chi connectivity index (χ2v) is 8.42. The second kappa shape index (κ2) is 8.47. The summed E-state index contributed by atoms with van der Waals surface area (Å²) in [5.41, 5.74) is 0.730. The standard InChI is InChI=1S/C17H17ClN2O4S2/c18-11-3-1-2-10(6-11)7-14-16(23)20(17(24)26-14)5-4-15(22)19-12-8-25-9-13(12)21/h1-3,6-7,12-13,21H,4-5,8-9H2,(H,19,22). The van der Waals surface area contributed by atoms with Gasteiger partial charge in [0.15, 0.2) is 0 Å². The maximum atomic E-state index is 12.4. The van der Waals surface area contributed by atoms with E-state index in [2.05, 4.69) is 5.32 Å². The molecule has 2 heterocycles. The molecule has 138 valence electrons. The van der Waals surface area contributed by atoms with E-state index < -0.39 is 17.3 Å². The smallest absolute Gasteiger partial charge is 0.293 e. The van der Waals surface area contributed by atoms with Gasteiger partial charge in [0.2, 0.25) is 5.91 Å². The highest BCUT2D eigenvalue weighted by Gasteiger charge is 2.35. The summed E-state index contributed by atoms with van der Waals surface area (Å²) in [4.78, 5) is 37.9. The van der Waals surface area contributed by atoms with E-state index in [9.17, 15) is 19.5 Å². The molecule has 0 bridgehead atoms. The molecule has 2 atom stereocenters.